The van der Waals surface area contributed by atoms with E-state index in [1.807, 2.05) is 12.1 Å². The van der Waals surface area contributed by atoms with Gasteiger partial charge < -0.3 is 0 Å². The second-order valence-electron chi connectivity index (χ2n) is 3.20. The van der Waals surface area contributed by atoms with Crippen LogP contribution < -0.4 is 0 Å². The second-order valence-corrected chi connectivity index (χ2v) is 5.58. The van der Waals surface area contributed by atoms with Crippen molar-refractivity contribution in [1.82, 2.24) is 0 Å². The van der Waals surface area contributed by atoms with Crippen molar-refractivity contribution in [3.63, 3.8) is 0 Å². The fourth-order valence-electron chi connectivity index (χ4n) is 1.84. The zero-order valence-corrected chi connectivity index (χ0v) is 9.51. The first-order valence-corrected chi connectivity index (χ1v) is 5.84. The molecule has 0 unspecified atom stereocenters. The van der Waals surface area contributed by atoms with Crippen LogP contribution in [0.4, 0.5) is 0 Å². The molecule has 0 N–H and O–H groups in total. The Kier molecular flexibility index (Phi) is 1.84. The van der Waals surface area contributed by atoms with Gasteiger partial charge in [0.25, 0.3) is 0 Å². The molecule has 4 heteroatoms. The van der Waals surface area contributed by atoms with E-state index in [9.17, 15) is 0 Å². The summed E-state index contributed by atoms with van der Waals surface area (Å²) in [6.45, 7) is 0. The van der Waals surface area contributed by atoms with Crippen LogP contribution in [0.2, 0.25) is 0 Å². The van der Waals surface area contributed by atoms with E-state index < -0.39 is 0 Å². The van der Waals surface area contributed by atoms with Gasteiger partial charge in [-0.05, 0) is 5.56 Å². The van der Waals surface area contributed by atoms with Gasteiger partial charge in [-0.25, -0.2) is 4.99 Å². The monoisotopic (exact) mass is 235 g/mol. The van der Waals surface area contributed by atoms with Crippen molar-refractivity contribution < 1.29 is 0 Å². The van der Waals surface area contributed by atoms with E-state index in [0.717, 1.165) is 9.91 Å². The highest BCUT2D eigenvalue weighted by Gasteiger charge is 2.39. The number of thioether (sulfide) groups is 1. The van der Waals surface area contributed by atoms with Gasteiger partial charge in [0.05, 0.1) is 15.8 Å². The number of nitrogens with zero attached hydrogens (tertiary/aromatic N) is 1. The minimum Gasteiger partial charge on any atom is -0.233 e. The molecular formula is C10H5NS3. The van der Waals surface area contributed by atoms with Crippen molar-refractivity contribution in [3.05, 3.63) is 35.4 Å². The zero-order valence-electron chi connectivity index (χ0n) is 7.06. The number of hydrogen-bond donors (Lipinski definition) is 0. The van der Waals surface area contributed by atoms with Crippen molar-refractivity contribution >= 4 is 50.4 Å². The average molecular weight is 235 g/mol. The molecule has 0 spiro atoms. The normalized spacial score (nSPS) is 23.4. The highest BCUT2D eigenvalue weighted by atomic mass is 32.2. The van der Waals surface area contributed by atoms with Crippen molar-refractivity contribution in [3.8, 4) is 0 Å². The Balaban J connectivity index is 2.22. The smallest absolute Gasteiger partial charge is 0.165 e. The topological polar surface area (TPSA) is 12.4 Å². The van der Waals surface area contributed by atoms with Gasteiger partial charge in [-0.1, -0.05) is 60.5 Å². The van der Waals surface area contributed by atoms with Gasteiger partial charge in [0, 0.05) is 5.56 Å². The molecule has 0 saturated carbocycles. The van der Waals surface area contributed by atoms with Gasteiger partial charge in [-0.3, -0.25) is 0 Å². The lowest BCUT2D eigenvalue weighted by Crippen LogP contribution is -2.35. The Morgan fingerprint density at radius 3 is 2.86 bits per heavy atom. The first-order valence-electron chi connectivity index (χ1n) is 4.21. The predicted octanol–water partition coefficient (Wildman–Crippen LogP) is 2.93. The van der Waals surface area contributed by atoms with Crippen molar-refractivity contribution in [1.29, 1.82) is 0 Å². The minimum atomic E-state index is 0.248. The van der Waals surface area contributed by atoms with Crippen LogP contribution in [-0.2, 0) is 0 Å². The highest BCUT2D eigenvalue weighted by molar-refractivity contribution is 8.38. The second kappa shape index (κ2) is 2.95. The summed E-state index contributed by atoms with van der Waals surface area (Å²) in [5.41, 5.74) is 3.57. The van der Waals surface area contributed by atoms with Gasteiger partial charge in [0.1, 0.15) is 0 Å². The van der Waals surface area contributed by atoms with E-state index >= 15 is 0 Å². The molecule has 1 aromatic carbocycles. The summed E-state index contributed by atoms with van der Waals surface area (Å²) in [6.07, 6.45) is 0. The van der Waals surface area contributed by atoms with Crippen LogP contribution in [-0.4, -0.2) is 14.2 Å². The minimum absolute atomic E-state index is 0.248. The Bertz CT molecular complexity index is 490. The van der Waals surface area contributed by atoms with Crippen LogP contribution >= 0.6 is 36.2 Å². The van der Waals surface area contributed by atoms with Gasteiger partial charge in [0.2, 0.25) is 0 Å². The summed E-state index contributed by atoms with van der Waals surface area (Å²) >= 11 is 11.8. The summed E-state index contributed by atoms with van der Waals surface area (Å²) < 4.78 is 1.59. The number of aliphatic imine (C=N–C) groups is 1. The quantitative estimate of drug-likeness (QED) is 0.641. The number of benzene rings is 1. The van der Waals surface area contributed by atoms with Crippen LogP contribution in [0.15, 0.2) is 29.3 Å². The summed E-state index contributed by atoms with van der Waals surface area (Å²) in [5, 5.41) is 0. The lowest BCUT2D eigenvalue weighted by molar-refractivity contribution is 1.14. The largest absolute Gasteiger partial charge is 0.233 e. The molecule has 0 radical (unpaired) electrons. The molecule has 1 aliphatic heterocycles. The van der Waals surface area contributed by atoms with E-state index in [-0.39, 0.29) is 5.92 Å². The summed E-state index contributed by atoms with van der Waals surface area (Å²) in [5.74, 6) is 0.248. The third kappa shape index (κ3) is 1.05. The molecule has 1 aliphatic carbocycles. The first-order chi connectivity index (χ1) is 6.77. The molecule has 1 aromatic rings. The fourth-order valence-corrected chi connectivity index (χ4v) is 3.51. The molecule has 0 fully saturated rings. The van der Waals surface area contributed by atoms with Crippen molar-refractivity contribution in [2.45, 2.75) is 5.92 Å². The number of thiocarbonyl (C=S) groups is 2. The fraction of sp³-hybridized carbons (Fsp3) is 0.100. The third-order valence-corrected chi connectivity index (χ3v) is 3.99. The van der Waals surface area contributed by atoms with Gasteiger partial charge in [-0.15, -0.1) is 0 Å². The van der Waals surface area contributed by atoms with E-state index in [0.29, 0.717) is 4.32 Å². The Labute approximate surface area is 96.6 Å². The number of rotatable bonds is 0. The molecule has 0 bridgehead atoms. The molecule has 1 nitrogen and oxygen atoms in total. The van der Waals surface area contributed by atoms with Gasteiger partial charge in [0.15, 0.2) is 4.32 Å². The molecule has 68 valence electrons. The Morgan fingerprint density at radius 2 is 2.00 bits per heavy atom. The molecule has 1 heterocycles. The molecule has 14 heavy (non-hydrogen) atoms. The molecule has 2 aliphatic rings. The van der Waals surface area contributed by atoms with Gasteiger partial charge in [-0.2, -0.15) is 0 Å². The first kappa shape index (κ1) is 8.71. The molecular weight excluding hydrogens is 230 g/mol. The average Bonchev–Trinajstić information content (AvgIpc) is 2.14. The van der Waals surface area contributed by atoms with Crippen LogP contribution in [0.25, 0.3) is 0 Å². The summed E-state index contributed by atoms with van der Waals surface area (Å²) in [6, 6.07) is 8.24. The molecule has 0 aromatic heterocycles. The van der Waals surface area contributed by atoms with E-state index in [1.54, 1.807) is 0 Å². The Morgan fingerprint density at radius 1 is 1.21 bits per heavy atom. The van der Waals surface area contributed by atoms with Crippen LogP contribution in [0, 0.1) is 0 Å². The van der Waals surface area contributed by atoms with Crippen molar-refractivity contribution in [2.75, 3.05) is 0 Å². The number of fused-ring (bicyclic) bond motifs is 4. The van der Waals surface area contributed by atoms with E-state index in [1.165, 1.54) is 22.9 Å². The number of hydrogen-bond acceptors (Lipinski definition) is 3. The highest BCUT2D eigenvalue weighted by Crippen LogP contribution is 2.43. The third-order valence-electron chi connectivity index (χ3n) is 2.46. The molecule has 1 atom stereocenters. The lowest BCUT2D eigenvalue weighted by atomic mass is 9.76. The Hall–Kier alpha value is -0.580. The summed E-state index contributed by atoms with van der Waals surface area (Å²) in [4.78, 5) is 4.37. The maximum absolute atomic E-state index is 5.30. The van der Waals surface area contributed by atoms with Crippen molar-refractivity contribution in [2.24, 2.45) is 4.99 Å². The van der Waals surface area contributed by atoms with Gasteiger partial charge >= 0.3 is 0 Å². The molecule has 0 amide bonds. The SMILES string of the molecule is S=C1N=C2c3ccccc3[C@@H]2C(=S)S1. The molecule has 3 rings (SSSR count). The summed E-state index contributed by atoms with van der Waals surface area (Å²) in [7, 11) is 0. The lowest BCUT2D eigenvalue weighted by Gasteiger charge is -2.34. The van der Waals surface area contributed by atoms with Crippen LogP contribution in [0.1, 0.15) is 17.0 Å². The maximum atomic E-state index is 5.30. The van der Waals surface area contributed by atoms with Crippen LogP contribution in [0.3, 0.4) is 0 Å². The standard InChI is InChI=1S/C10H5NS3/c12-9-7-5-3-1-2-4-6(5)8(7)11-10(13)14-9/h1-4,7H/t7-/m0/s1. The van der Waals surface area contributed by atoms with E-state index in [4.69, 9.17) is 24.4 Å². The van der Waals surface area contributed by atoms with E-state index in [2.05, 4.69) is 17.1 Å². The predicted molar refractivity (Wildman–Crippen MR) is 68.5 cm³/mol. The molecule has 0 saturated heterocycles. The van der Waals surface area contributed by atoms with Crippen LogP contribution in [0.5, 0.6) is 0 Å². The zero-order chi connectivity index (χ0) is 9.71. The maximum Gasteiger partial charge on any atom is 0.165 e.